The van der Waals surface area contributed by atoms with Crippen molar-refractivity contribution < 1.29 is 14.3 Å². The first kappa shape index (κ1) is 10.7. The number of thiophene rings is 1. The van der Waals surface area contributed by atoms with E-state index in [4.69, 9.17) is 9.47 Å². The summed E-state index contributed by atoms with van der Waals surface area (Å²) < 4.78 is 10.2. The van der Waals surface area contributed by atoms with E-state index < -0.39 is 5.97 Å². The van der Waals surface area contributed by atoms with Gasteiger partial charge in [-0.1, -0.05) is 18.2 Å². The number of hydrogen-bond acceptors (Lipinski definition) is 4. The lowest BCUT2D eigenvalue weighted by Crippen LogP contribution is -2.07. The van der Waals surface area contributed by atoms with Crippen LogP contribution in [0.5, 0.6) is 11.5 Å². The molecule has 0 spiro atoms. The summed E-state index contributed by atoms with van der Waals surface area (Å²) in [5.74, 6) is 0.687. The summed E-state index contributed by atoms with van der Waals surface area (Å²) in [4.78, 5) is 12.2. The first-order chi connectivity index (χ1) is 7.81. The van der Waals surface area contributed by atoms with Crippen LogP contribution in [0.15, 0.2) is 41.8 Å². The minimum absolute atomic E-state index is 0.391. The van der Waals surface area contributed by atoms with Gasteiger partial charge in [-0.25, -0.2) is 4.79 Å². The molecule has 0 aliphatic rings. The van der Waals surface area contributed by atoms with Crippen molar-refractivity contribution in [3.05, 3.63) is 46.7 Å². The SMILES string of the molecule is COc1ccsc1C(=O)Oc1ccccc1. The van der Waals surface area contributed by atoms with Gasteiger partial charge in [0.25, 0.3) is 0 Å². The normalized spacial score (nSPS) is 9.81. The molecule has 3 nitrogen and oxygen atoms in total. The van der Waals surface area contributed by atoms with E-state index in [1.807, 2.05) is 18.2 Å². The Morgan fingerprint density at radius 2 is 1.94 bits per heavy atom. The molecular formula is C12H10O3S. The highest BCUT2D eigenvalue weighted by atomic mass is 32.1. The summed E-state index contributed by atoms with van der Waals surface area (Å²) in [5, 5.41) is 1.79. The molecule has 2 aromatic rings. The maximum Gasteiger partial charge on any atom is 0.357 e. The second-order valence-electron chi connectivity index (χ2n) is 3.02. The van der Waals surface area contributed by atoms with Crippen molar-refractivity contribution in [2.24, 2.45) is 0 Å². The minimum Gasteiger partial charge on any atom is -0.495 e. The molecule has 0 amide bonds. The van der Waals surface area contributed by atoms with Crippen molar-refractivity contribution in [1.82, 2.24) is 0 Å². The zero-order chi connectivity index (χ0) is 11.4. The molecule has 0 radical (unpaired) electrons. The van der Waals surface area contributed by atoms with Crippen LogP contribution >= 0.6 is 11.3 Å². The van der Waals surface area contributed by atoms with Gasteiger partial charge in [0.1, 0.15) is 11.5 Å². The third-order valence-electron chi connectivity index (χ3n) is 1.99. The Hall–Kier alpha value is -1.81. The molecule has 0 aliphatic carbocycles. The molecule has 1 heterocycles. The largest absolute Gasteiger partial charge is 0.495 e. The Morgan fingerprint density at radius 3 is 2.62 bits per heavy atom. The monoisotopic (exact) mass is 234 g/mol. The zero-order valence-corrected chi connectivity index (χ0v) is 9.49. The summed E-state index contributed by atoms with van der Waals surface area (Å²) in [6.45, 7) is 0. The van der Waals surface area contributed by atoms with Gasteiger partial charge in [-0.15, -0.1) is 11.3 Å². The van der Waals surface area contributed by atoms with Gasteiger partial charge in [0, 0.05) is 0 Å². The van der Waals surface area contributed by atoms with Gasteiger partial charge in [0.15, 0.2) is 4.88 Å². The number of hydrogen-bond donors (Lipinski definition) is 0. The Balaban J connectivity index is 2.15. The molecule has 0 fully saturated rings. The van der Waals surface area contributed by atoms with Gasteiger partial charge >= 0.3 is 5.97 Å². The Kier molecular flexibility index (Phi) is 3.22. The quantitative estimate of drug-likeness (QED) is 0.605. The van der Waals surface area contributed by atoms with E-state index in [1.165, 1.54) is 18.4 Å². The average Bonchev–Trinajstić information content (AvgIpc) is 2.78. The molecule has 0 unspecified atom stereocenters. The highest BCUT2D eigenvalue weighted by molar-refractivity contribution is 7.12. The van der Waals surface area contributed by atoms with Crippen molar-refractivity contribution in [2.75, 3.05) is 7.11 Å². The Labute approximate surface area is 97.2 Å². The maximum atomic E-state index is 11.8. The summed E-state index contributed by atoms with van der Waals surface area (Å²) in [6, 6.07) is 10.7. The van der Waals surface area contributed by atoms with Crippen LogP contribution in [0.3, 0.4) is 0 Å². The zero-order valence-electron chi connectivity index (χ0n) is 8.67. The Bertz CT molecular complexity index is 476. The molecule has 0 saturated heterocycles. The lowest BCUT2D eigenvalue weighted by molar-refractivity contribution is 0.0737. The number of rotatable bonds is 3. The molecular weight excluding hydrogens is 224 g/mol. The van der Waals surface area contributed by atoms with Crippen LogP contribution in [0, 0.1) is 0 Å². The highest BCUT2D eigenvalue weighted by Crippen LogP contribution is 2.25. The number of benzene rings is 1. The van der Waals surface area contributed by atoms with Crippen LogP contribution in [0.4, 0.5) is 0 Å². The van der Waals surface area contributed by atoms with Crippen molar-refractivity contribution in [2.45, 2.75) is 0 Å². The lowest BCUT2D eigenvalue weighted by atomic mass is 10.3. The summed E-state index contributed by atoms with van der Waals surface area (Å²) in [7, 11) is 1.53. The van der Waals surface area contributed by atoms with Crippen LogP contribution in [0.25, 0.3) is 0 Å². The predicted octanol–water partition coefficient (Wildman–Crippen LogP) is 2.98. The van der Waals surface area contributed by atoms with Gasteiger partial charge in [-0.3, -0.25) is 0 Å². The second kappa shape index (κ2) is 4.81. The van der Waals surface area contributed by atoms with Gasteiger partial charge in [-0.2, -0.15) is 0 Å². The number of ether oxygens (including phenoxy) is 2. The molecule has 1 aromatic heterocycles. The maximum absolute atomic E-state index is 11.8. The van der Waals surface area contributed by atoms with Crippen LogP contribution in [-0.2, 0) is 0 Å². The highest BCUT2D eigenvalue weighted by Gasteiger charge is 2.15. The third-order valence-corrected chi connectivity index (χ3v) is 2.86. The van der Waals surface area contributed by atoms with E-state index in [9.17, 15) is 4.79 Å². The number of methoxy groups -OCH3 is 1. The third kappa shape index (κ3) is 2.23. The molecule has 0 N–H and O–H groups in total. The first-order valence-electron chi connectivity index (χ1n) is 4.70. The van der Waals surface area contributed by atoms with Crippen LogP contribution < -0.4 is 9.47 Å². The molecule has 4 heteroatoms. The van der Waals surface area contributed by atoms with Gasteiger partial charge in [0.05, 0.1) is 7.11 Å². The molecule has 16 heavy (non-hydrogen) atoms. The molecule has 0 atom stereocenters. The van der Waals surface area contributed by atoms with Crippen LogP contribution in [0.2, 0.25) is 0 Å². The van der Waals surface area contributed by atoms with Gasteiger partial charge in [0.2, 0.25) is 0 Å². The molecule has 82 valence electrons. The van der Waals surface area contributed by atoms with Gasteiger partial charge < -0.3 is 9.47 Å². The number of para-hydroxylation sites is 1. The Morgan fingerprint density at radius 1 is 1.19 bits per heavy atom. The summed E-state index contributed by atoms with van der Waals surface area (Å²) in [6.07, 6.45) is 0. The molecule has 0 aliphatic heterocycles. The van der Waals surface area contributed by atoms with E-state index in [2.05, 4.69) is 0 Å². The summed E-state index contributed by atoms with van der Waals surface area (Å²) >= 11 is 1.30. The standard InChI is InChI=1S/C12H10O3S/c1-14-10-7-8-16-11(10)12(13)15-9-5-3-2-4-6-9/h2-8H,1H3. The number of carbonyl (C=O) groups excluding carboxylic acids is 1. The first-order valence-corrected chi connectivity index (χ1v) is 5.58. The van der Waals surface area contributed by atoms with E-state index in [1.54, 1.807) is 23.6 Å². The second-order valence-corrected chi connectivity index (χ2v) is 3.94. The lowest BCUT2D eigenvalue weighted by Gasteiger charge is -2.03. The van der Waals surface area contributed by atoms with E-state index in [0.29, 0.717) is 16.4 Å². The molecule has 0 bridgehead atoms. The van der Waals surface area contributed by atoms with Crippen molar-refractivity contribution in [3.8, 4) is 11.5 Å². The smallest absolute Gasteiger partial charge is 0.357 e. The summed E-state index contributed by atoms with van der Waals surface area (Å²) in [5.41, 5.74) is 0. The van der Waals surface area contributed by atoms with Crippen LogP contribution in [0.1, 0.15) is 9.67 Å². The van der Waals surface area contributed by atoms with Crippen molar-refractivity contribution in [1.29, 1.82) is 0 Å². The van der Waals surface area contributed by atoms with Crippen molar-refractivity contribution in [3.63, 3.8) is 0 Å². The predicted molar refractivity (Wildman–Crippen MR) is 62.3 cm³/mol. The topological polar surface area (TPSA) is 35.5 Å². The van der Waals surface area contributed by atoms with E-state index in [-0.39, 0.29) is 0 Å². The van der Waals surface area contributed by atoms with E-state index in [0.717, 1.165) is 0 Å². The fraction of sp³-hybridized carbons (Fsp3) is 0.0833. The molecule has 1 aromatic carbocycles. The van der Waals surface area contributed by atoms with Crippen molar-refractivity contribution >= 4 is 17.3 Å². The van der Waals surface area contributed by atoms with Gasteiger partial charge in [-0.05, 0) is 23.6 Å². The molecule has 0 saturated carbocycles. The van der Waals surface area contributed by atoms with E-state index >= 15 is 0 Å². The minimum atomic E-state index is -0.391. The fourth-order valence-electron chi connectivity index (χ4n) is 1.25. The number of carbonyl (C=O) groups is 1. The average molecular weight is 234 g/mol. The van der Waals surface area contributed by atoms with Crippen LogP contribution in [-0.4, -0.2) is 13.1 Å². The molecule has 2 rings (SSSR count). The number of esters is 1. The fourth-order valence-corrected chi connectivity index (χ4v) is 1.98.